The summed E-state index contributed by atoms with van der Waals surface area (Å²) < 4.78 is 21.1. The zero-order valence-electron chi connectivity index (χ0n) is 13.0. The van der Waals surface area contributed by atoms with E-state index in [-0.39, 0.29) is 6.61 Å². The molecule has 0 heterocycles. The van der Waals surface area contributed by atoms with E-state index in [0.29, 0.717) is 37.0 Å². The Bertz CT molecular complexity index is 386. The number of methoxy groups -OCH3 is 3. The molecule has 0 spiro atoms. The predicted molar refractivity (Wildman–Crippen MR) is 80.3 cm³/mol. The van der Waals surface area contributed by atoms with Gasteiger partial charge in [-0.25, -0.2) is 0 Å². The molecule has 0 saturated carbocycles. The average Bonchev–Trinajstić information content (AvgIpc) is 2.52. The molecule has 120 valence electrons. The van der Waals surface area contributed by atoms with Gasteiger partial charge < -0.3 is 29.4 Å². The van der Waals surface area contributed by atoms with E-state index in [1.54, 1.807) is 21.3 Å². The van der Waals surface area contributed by atoms with Crippen molar-refractivity contribution in [1.82, 2.24) is 5.32 Å². The summed E-state index contributed by atoms with van der Waals surface area (Å²) in [6.45, 7) is 2.65. The van der Waals surface area contributed by atoms with Crippen LogP contribution in [0.2, 0.25) is 0 Å². The fraction of sp³-hybridized carbons (Fsp3) is 0.600. The second-order valence-electron chi connectivity index (χ2n) is 4.40. The molecule has 6 nitrogen and oxygen atoms in total. The first-order valence-corrected chi connectivity index (χ1v) is 6.95. The molecule has 0 atom stereocenters. The van der Waals surface area contributed by atoms with Gasteiger partial charge in [0, 0.05) is 13.2 Å². The molecule has 0 saturated heterocycles. The van der Waals surface area contributed by atoms with Gasteiger partial charge >= 0.3 is 0 Å². The van der Waals surface area contributed by atoms with Gasteiger partial charge in [-0.1, -0.05) is 0 Å². The Morgan fingerprint density at radius 2 is 1.67 bits per heavy atom. The Labute approximate surface area is 126 Å². The van der Waals surface area contributed by atoms with Crippen LogP contribution in [0.15, 0.2) is 12.1 Å². The second kappa shape index (κ2) is 10.3. The van der Waals surface area contributed by atoms with Gasteiger partial charge in [-0.05, 0) is 30.7 Å². The molecule has 1 aromatic carbocycles. The summed E-state index contributed by atoms with van der Waals surface area (Å²) in [5.41, 5.74) is 1.06. The Morgan fingerprint density at radius 3 is 2.19 bits per heavy atom. The van der Waals surface area contributed by atoms with E-state index in [4.69, 9.17) is 24.1 Å². The minimum atomic E-state index is 0.0683. The van der Waals surface area contributed by atoms with E-state index < -0.39 is 0 Å². The zero-order valence-corrected chi connectivity index (χ0v) is 13.0. The van der Waals surface area contributed by atoms with Crippen molar-refractivity contribution in [2.75, 3.05) is 47.7 Å². The first-order valence-electron chi connectivity index (χ1n) is 6.95. The lowest BCUT2D eigenvalue weighted by Gasteiger charge is -2.14. The highest BCUT2D eigenvalue weighted by Gasteiger charge is 2.12. The Kier molecular flexibility index (Phi) is 8.57. The molecule has 6 heteroatoms. The van der Waals surface area contributed by atoms with Gasteiger partial charge in [0.05, 0.1) is 34.5 Å². The van der Waals surface area contributed by atoms with Gasteiger partial charge in [-0.2, -0.15) is 0 Å². The van der Waals surface area contributed by atoms with Gasteiger partial charge in [0.15, 0.2) is 11.5 Å². The number of aliphatic hydroxyl groups is 1. The molecule has 0 amide bonds. The fourth-order valence-electron chi connectivity index (χ4n) is 1.94. The quantitative estimate of drug-likeness (QED) is 0.598. The Hall–Kier alpha value is -1.50. The van der Waals surface area contributed by atoms with Crippen LogP contribution >= 0.6 is 0 Å². The monoisotopic (exact) mass is 299 g/mol. The molecule has 0 aliphatic rings. The number of aliphatic hydroxyl groups excluding tert-OH is 1. The Balaban J connectivity index is 2.48. The second-order valence-corrected chi connectivity index (χ2v) is 4.40. The maximum Gasteiger partial charge on any atom is 0.203 e. The van der Waals surface area contributed by atoms with Crippen LogP contribution < -0.4 is 19.5 Å². The molecule has 1 rings (SSSR count). The molecule has 21 heavy (non-hydrogen) atoms. The average molecular weight is 299 g/mol. The van der Waals surface area contributed by atoms with Crippen LogP contribution in [0.25, 0.3) is 0 Å². The first kappa shape index (κ1) is 17.6. The molecule has 0 fully saturated rings. The van der Waals surface area contributed by atoms with E-state index in [0.717, 1.165) is 18.5 Å². The number of benzene rings is 1. The Morgan fingerprint density at radius 1 is 1.00 bits per heavy atom. The van der Waals surface area contributed by atoms with Crippen molar-refractivity contribution in [2.45, 2.75) is 13.0 Å². The molecule has 0 bridgehead atoms. The summed E-state index contributed by atoms with van der Waals surface area (Å²) >= 11 is 0. The van der Waals surface area contributed by atoms with E-state index in [9.17, 15) is 0 Å². The summed E-state index contributed by atoms with van der Waals surface area (Å²) in [6.07, 6.45) is 0.893. The maximum atomic E-state index is 8.58. The molecule has 0 radical (unpaired) electrons. The summed E-state index contributed by atoms with van der Waals surface area (Å²) in [5, 5.41) is 11.9. The molecular formula is C15H25NO5. The highest BCUT2D eigenvalue weighted by molar-refractivity contribution is 5.53. The molecule has 0 aliphatic carbocycles. The molecular weight excluding hydrogens is 274 g/mol. The van der Waals surface area contributed by atoms with Crippen LogP contribution in [0, 0.1) is 0 Å². The number of rotatable bonds is 11. The molecule has 0 unspecified atom stereocenters. The zero-order chi connectivity index (χ0) is 15.5. The normalized spacial score (nSPS) is 10.5. The van der Waals surface area contributed by atoms with Gasteiger partial charge in [-0.3, -0.25) is 0 Å². The molecule has 0 aromatic heterocycles. The van der Waals surface area contributed by atoms with Crippen LogP contribution in [-0.4, -0.2) is 52.8 Å². The third-order valence-corrected chi connectivity index (χ3v) is 2.93. The first-order chi connectivity index (χ1) is 10.3. The lowest BCUT2D eigenvalue weighted by atomic mass is 10.1. The van der Waals surface area contributed by atoms with Crippen molar-refractivity contribution in [3.63, 3.8) is 0 Å². The van der Waals surface area contributed by atoms with Crippen molar-refractivity contribution >= 4 is 0 Å². The minimum absolute atomic E-state index is 0.0683. The van der Waals surface area contributed by atoms with Crippen molar-refractivity contribution in [3.05, 3.63) is 17.7 Å². The van der Waals surface area contributed by atoms with Crippen molar-refractivity contribution in [2.24, 2.45) is 0 Å². The van der Waals surface area contributed by atoms with Gasteiger partial charge in [0.1, 0.15) is 0 Å². The molecule has 2 N–H and O–H groups in total. The minimum Gasteiger partial charge on any atom is -0.493 e. The van der Waals surface area contributed by atoms with Crippen LogP contribution in [0.1, 0.15) is 12.0 Å². The maximum absolute atomic E-state index is 8.58. The fourth-order valence-corrected chi connectivity index (χ4v) is 1.94. The molecule has 0 aliphatic heterocycles. The summed E-state index contributed by atoms with van der Waals surface area (Å²) in [7, 11) is 4.80. The van der Waals surface area contributed by atoms with Crippen LogP contribution in [0.5, 0.6) is 17.2 Å². The van der Waals surface area contributed by atoms with E-state index >= 15 is 0 Å². The van der Waals surface area contributed by atoms with Gasteiger partial charge in [0.25, 0.3) is 0 Å². The highest BCUT2D eigenvalue weighted by atomic mass is 16.5. The third kappa shape index (κ3) is 5.79. The van der Waals surface area contributed by atoms with Crippen molar-refractivity contribution < 1.29 is 24.1 Å². The third-order valence-electron chi connectivity index (χ3n) is 2.93. The van der Waals surface area contributed by atoms with E-state index in [2.05, 4.69) is 5.32 Å². The molecule has 1 aromatic rings. The van der Waals surface area contributed by atoms with Crippen molar-refractivity contribution in [3.8, 4) is 17.2 Å². The van der Waals surface area contributed by atoms with Crippen LogP contribution in [0.4, 0.5) is 0 Å². The largest absolute Gasteiger partial charge is 0.493 e. The van der Waals surface area contributed by atoms with E-state index in [1.165, 1.54) is 0 Å². The van der Waals surface area contributed by atoms with Gasteiger partial charge in [-0.15, -0.1) is 0 Å². The van der Waals surface area contributed by atoms with Crippen molar-refractivity contribution in [1.29, 1.82) is 0 Å². The van der Waals surface area contributed by atoms with Crippen LogP contribution in [0.3, 0.4) is 0 Å². The lowest BCUT2D eigenvalue weighted by Crippen LogP contribution is -2.17. The number of hydrogen-bond acceptors (Lipinski definition) is 6. The smallest absolute Gasteiger partial charge is 0.203 e. The number of nitrogens with one attached hydrogen (secondary N) is 1. The summed E-state index contributed by atoms with van der Waals surface area (Å²) in [4.78, 5) is 0. The topological polar surface area (TPSA) is 69.2 Å². The van der Waals surface area contributed by atoms with Crippen LogP contribution in [-0.2, 0) is 11.3 Å². The SMILES string of the molecule is COc1cc(CNCCCOCCO)cc(OC)c1OC. The summed E-state index contributed by atoms with van der Waals surface area (Å²) in [6, 6.07) is 3.85. The summed E-state index contributed by atoms with van der Waals surface area (Å²) in [5.74, 6) is 1.90. The number of ether oxygens (including phenoxy) is 4. The predicted octanol–water partition coefficient (Wildman–Crippen LogP) is 1.20. The highest BCUT2D eigenvalue weighted by Crippen LogP contribution is 2.38. The lowest BCUT2D eigenvalue weighted by molar-refractivity contribution is 0.0907. The van der Waals surface area contributed by atoms with E-state index in [1.807, 2.05) is 12.1 Å². The standard InChI is InChI=1S/C15H25NO5/c1-18-13-9-12(10-14(19-2)15(13)20-3)11-16-5-4-7-21-8-6-17/h9-10,16-17H,4-8,11H2,1-3H3. The van der Waals surface area contributed by atoms with Gasteiger partial charge in [0.2, 0.25) is 5.75 Å². The number of hydrogen-bond donors (Lipinski definition) is 2.